The molecule has 1 aromatic heterocycles. The molecule has 0 radical (unpaired) electrons. The Morgan fingerprint density at radius 2 is 1.69 bits per heavy atom. The second-order valence-electron chi connectivity index (χ2n) is 6.75. The molecule has 0 fully saturated rings. The van der Waals surface area contributed by atoms with Crippen LogP contribution in [0.5, 0.6) is 0 Å². The zero-order chi connectivity index (χ0) is 22.9. The zero-order valence-corrected chi connectivity index (χ0v) is 17.6. The Morgan fingerprint density at radius 1 is 0.938 bits per heavy atom. The van der Waals surface area contributed by atoms with Crippen LogP contribution in [0.2, 0.25) is 10.0 Å². The van der Waals surface area contributed by atoms with Crippen LogP contribution in [-0.4, -0.2) is 5.91 Å². The molecule has 0 atom stereocenters. The second kappa shape index (κ2) is 8.68. The number of alkyl halides is 3. The molecule has 1 N–H and O–H groups in total. The van der Waals surface area contributed by atoms with Crippen LogP contribution in [0.25, 0.3) is 11.0 Å². The van der Waals surface area contributed by atoms with Crippen LogP contribution in [-0.2, 0) is 6.18 Å². The van der Waals surface area contributed by atoms with Gasteiger partial charge in [-0.05, 0) is 48.5 Å². The van der Waals surface area contributed by atoms with E-state index in [-0.39, 0.29) is 27.4 Å². The van der Waals surface area contributed by atoms with Gasteiger partial charge in [-0.1, -0.05) is 47.5 Å². The number of halogens is 5. The summed E-state index contributed by atoms with van der Waals surface area (Å²) in [6, 6.07) is 17.5. The molecule has 0 saturated carbocycles. The molecule has 0 aliphatic rings. The summed E-state index contributed by atoms with van der Waals surface area (Å²) in [5.41, 5.74) is -0.405. The van der Waals surface area contributed by atoms with Crippen molar-refractivity contribution in [2.24, 2.45) is 4.99 Å². The third-order valence-corrected chi connectivity index (χ3v) is 4.95. The van der Waals surface area contributed by atoms with Crippen LogP contribution in [0.4, 0.5) is 24.5 Å². The summed E-state index contributed by atoms with van der Waals surface area (Å²) in [7, 11) is 0. The van der Waals surface area contributed by atoms with E-state index in [0.29, 0.717) is 16.1 Å². The highest BCUT2D eigenvalue weighted by Crippen LogP contribution is 2.32. The van der Waals surface area contributed by atoms with Crippen molar-refractivity contribution < 1.29 is 22.4 Å². The molecule has 0 spiro atoms. The van der Waals surface area contributed by atoms with Crippen molar-refractivity contribution in [1.82, 2.24) is 0 Å². The van der Waals surface area contributed by atoms with Gasteiger partial charge in [0.25, 0.3) is 5.91 Å². The summed E-state index contributed by atoms with van der Waals surface area (Å²) >= 11 is 12.3. The monoisotopic (exact) mass is 476 g/mol. The van der Waals surface area contributed by atoms with Crippen LogP contribution in [0.1, 0.15) is 15.9 Å². The second-order valence-corrected chi connectivity index (χ2v) is 7.59. The van der Waals surface area contributed by atoms with Crippen LogP contribution in [0, 0.1) is 0 Å². The molecule has 0 unspecified atom stereocenters. The summed E-state index contributed by atoms with van der Waals surface area (Å²) in [6.07, 6.45) is -4.54. The Bertz CT molecular complexity index is 1380. The number of benzene rings is 3. The van der Waals surface area contributed by atoms with E-state index in [9.17, 15) is 18.0 Å². The van der Waals surface area contributed by atoms with Gasteiger partial charge in [0.2, 0.25) is 5.55 Å². The predicted molar refractivity (Wildman–Crippen MR) is 117 cm³/mol. The van der Waals surface area contributed by atoms with E-state index in [0.717, 1.165) is 12.1 Å². The van der Waals surface area contributed by atoms with Crippen LogP contribution in [0.15, 0.2) is 82.2 Å². The van der Waals surface area contributed by atoms with Crippen LogP contribution < -0.4 is 10.9 Å². The maximum atomic E-state index is 13.1. The number of nitrogens with one attached hydrogen (secondary N) is 1. The first kappa shape index (κ1) is 21.9. The van der Waals surface area contributed by atoms with Gasteiger partial charge in [-0.15, -0.1) is 0 Å². The highest BCUT2D eigenvalue weighted by molar-refractivity contribution is 6.38. The standard InChI is InChI=1S/C23H13Cl2F3N2O2/c24-15-9-13-10-18(21(31)29-16-6-2-1-3-7-16)22(32-20(13)19(25)12-15)30-17-8-4-5-14(11-17)23(26,27)28/h1-12H,(H,29,31). The van der Waals surface area contributed by atoms with E-state index >= 15 is 0 Å². The van der Waals surface area contributed by atoms with E-state index < -0.39 is 17.6 Å². The predicted octanol–water partition coefficient (Wildman–Crippen LogP) is 7.24. The van der Waals surface area contributed by atoms with Crippen LogP contribution >= 0.6 is 23.2 Å². The Morgan fingerprint density at radius 3 is 2.41 bits per heavy atom. The first-order chi connectivity index (χ1) is 15.2. The van der Waals surface area contributed by atoms with Gasteiger partial charge in [0.05, 0.1) is 16.3 Å². The molecular formula is C23H13Cl2F3N2O2. The van der Waals surface area contributed by atoms with Crippen molar-refractivity contribution in [2.75, 3.05) is 5.32 Å². The third-order valence-electron chi connectivity index (χ3n) is 4.45. The molecule has 9 heteroatoms. The highest BCUT2D eigenvalue weighted by Gasteiger charge is 2.30. The van der Waals surface area contributed by atoms with Gasteiger partial charge in [-0.2, -0.15) is 13.2 Å². The lowest BCUT2D eigenvalue weighted by Gasteiger charge is -2.09. The molecule has 4 aromatic rings. The molecule has 4 nitrogen and oxygen atoms in total. The number of rotatable bonds is 3. The zero-order valence-electron chi connectivity index (χ0n) is 16.1. The van der Waals surface area contributed by atoms with Gasteiger partial charge in [0.15, 0.2) is 5.58 Å². The summed E-state index contributed by atoms with van der Waals surface area (Å²) < 4.78 is 45.1. The van der Waals surface area contributed by atoms with E-state index in [1.165, 1.54) is 24.3 Å². The van der Waals surface area contributed by atoms with Gasteiger partial charge < -0.3 is 9.73 Å². The molecule has 32 heavy (non-hydrogen) atoms. The summed E-state index contributed by atoms with van der Waals surface area (Å²) in [5.74, 6) is -0.566. The number of para-hydroxylation sites is 1. The minimum atomic E-state index is -4.54. The van der Waals surface area contributed by atoms with Gasteiger partial charge in [-0.3, -0.25) is 4.79 Å². The third kappa shape index (κ3) is 4.79. The number of anilines is 1. The number of carbonyl (C=O) groups excluding carboxylic acids is 1. The molecule has 1 amide bonds. The lowest BCUT2D eigenvalue weighted by molar-refractivity contribution is -0.137. The van der Waals surface area contributed by atoms with Crippen molar-refractivity contribution >= 4 is 51.5 Å². The van der Waals surface area contributed by atoms with Crippen molar-refractivity contribution in [3.8, 4) is 0 Å². The van der Waals surface area contributed by atoms with E-state index in [1.54, 1.807) is 36.4 Å². The Hall–Kier alpha value is -3.29. The van der Waals surface area contributed by atoms with Crippen molar-refractivity contribution in [3.05, 3.63) is 99.5 Å². The molecule has 4 rings (SSSR count). The minimum absolute atomic E-state index is 0.00269. The molecule has 0 bridgehead atoms. The minimum Gasteiger partial charge on any atom is -0.436 e. The van der Waals surface area contributed by atoms with E-state index in [4.69, 9.17) is 27.6 Å². The number of nitrogens with zero attached hydrogens (tertiary/aromatic N) is 1. The van der Waals surface area contributed by atoms with Gasteiger partial charge in [-0.25, -0.2) is 4.99 Å². The molecule has 0 aliphatic heterocycles. The SMILES string of the molecule is O=C(Nc1ccccc1)c1cc2cc(Cl)cc(Cl)c2oc1=Nc1cccc(C(F)(F)F)c1. The lowest BCUT2D eigenvalue weighted by Crippen LogP contribution is -2.21. The average molecular weight is 477 g/mol. The fraction of sp³-hybridized carbons (Fsp3) is 0.0435. The summed E-state index contributed by atoms with van der Waals surface area (Å²) in [5, 5.41) is 3.64. The van der Waals surface area contributed by atoms with Gasteiger partial charge in [0, 0.05) is 16.1 Å². The smallest absolute Gasteiger partial charge is 0.416 e. The van der Waals surface area contributed by atoms with E-state index in [1.807, 2.05) is 0 Å². The Labute approximate surface area is 189 Å². The molecule has 162 valence electrons. The molecular weight excluding hydrogens is 464 g/mol. The lowest BCUT2D eigenvalue weighted by atomic mass is 10.1. The fourth-order valence-corrected chi connectivity index (χ4v) is 3.55. The van der Waals surface area contributed by atoms with Crippen molar-refractivity contribution in [3.63, 3.8) is 0 Å². The highest BCUT2D eigenvalue weighted by atomic mass is 35.5. The maximum absolute atomic E-state index is 13.1. The number of carbonyl (C=O) groups is 1. The molecule has 3 aromatic carbocycles. The fourth-order valence-electron chi connectivity index (χ4n) is 3.00. The number of amides is 1. The maximum Gasteiger partial charge on any atom is 0.416 e. The van der Waals surface area contributed by atoms with Crippen LogP contribution in [0.3, 0.4) is 0 Å². The quantitative estimate of drug-likeness (QED) is 0.338. The number of hydrogen-bond acceptors (Lipinski definition) is 3. The largest absolute Gasteiger partial charge is 0.436 e. The summed E-state index contributed by atoms with van der Waals surface area (Å²) in [4.78, 5) is 17.2. The van der Waals surface area contributed by atoms with Crippen molar-refractivity contribution in [1.29, 1.82) is 0 Å². The number of hydrogen-bond donors (Lipinski definition) is 1. The van der Waals surface area contributed by atoms with Crippen molar-refractivity contribution in [2.45, 2.75) is 6.18 Å². The first-order valence-electron chi connectivity index (χ1n) is 9.22. The van der Waals surface area contributed by atoms with Gasteiger partial charge in [0.1, 0.15) is 5.56 Å². The normalized spacial score (nSPS) is 12.2. The molecule has 0 saturated heterocycles. The number of fused-ring (bicyclic) bond motifs is 1. The first-order valence-corrected chi connectivity index (χ1v) is 9.97. The average Bonchev–Trinajstić information content (AvgIpc) is 2.74. The Balaban J connectivity index is 1.91. The van der Waals surface area contributed by atoms with Gasteiger partial charge >= 0.3 is 6.18 Å². The topological polar surface area (TPSA) is 54.6 Å². The Kier molecular flexibility index (Phi) is 5.95. The summed E-state index contributed by atoms with van der Waals surface area (Å²) in [6.45, 7) is 0. The molecule has 0 aliphatic carbocycles. The molecule has 1 heterocycles. The van der Waals surface area contributed by atoms with E-state index in [2.05, 4.69) is 10.3 Å².